The van der Waals surface area contributed by atoms with Gasteiger partial charge in [-0.05, 0) is 37.1 Å². The van der Waals surface area contributed by atoms with E-state index >= 15 is 0 Å². The number of amides is 1. The second-order valence-electron chi connectivity index (χ2n) is 6.68. The maximum atomic E-state index is 13.1. The van der Waals surface area contributed by atoms with Crippen LogP contribution in [0.1, 0.15) is 18.5 Å². The van der Waals surface area contributed by atoms with Crippen molar-refractivity contribution in [2.24, 2.45) is 0 Å². The number of benzene rings is 1. The Morgan fingerprint density at radius 1 is 1.27 bits per heavy atom. The minimum atomic E-state index is -3.89. The molecule has 2 aromatic heterocycles. The Hall–Kier alpha value is -2.76. The van der Waals surface area contributed by atoms with Crippen LogP contribution in [0.4, 0.5) is 4.39 Å². The van der Waals surface area contributed by atoms with Gasteiger partial charge in [0.05, 0.1) is 23.3 Å². The summed E-state index contributed by atoms with van der Waals surface area (Å²) in [6.07, 6.45) is 5.76. The van der Waals surface area contributed by atoms with Gasteiger partial charge in [-0.1, -0.05) is 0 Å². The van der Waals surface area contributed by atoms with Crippen LogP contribution >= 0.6 is 11.3 Å². The molecule has 8 nitrogen and oxygen atoms in total. The number of hydrogen-bond donors (Lipinski definition) is 1. The van der Waals surface area contributed by atoms with E-state index in [4.69, 9.17) is 0 Å². The summed E-state index contributed by atoms with van der Waals surface area (Å²) in [5.41, 5.74) is 1.30. The minimum Gasteiger partial charge on any atom is -0.349 e. The summed E-state index contributed by atoms with van der Waals surface area (Å²) < 4.78 is 40.1. The SMILES string of the molecule is O=C(NCc1csc(-c2cnccn2)n1)C1CCCN1S(=O)(=O)c1ccc(F)cc1. The molecule has 0 aliphatic carbocycles. The van der Waals surface area contributed by atoms with E-state index < -0.39 is 21.9 Å². The number of sulfonamides is 1. The predicted octanol–water partition coefficient (Wildman–Crippen LogP) is 2.21. The standard InChI is InChI=1S/C19H18FN5O3S2/c20-13-3-5-15(6-4-13)30(27,28)25-9-1-2-17(25)18(26)23-10-14-12-29-19(24-14)16-11-21-7-8-22-16/h3-8,11-12,17H,1-2,9-10H2,(H,23,26). The molecule has 1 atom stereocenters. The number of carbonyl (C=O) groups is 1. The van der Waals surface area contributed by atoms with Crippen LogP contribution in [0.2, 0.25) is 0 Å². The van der Waals surface area contributed by atoms with Crippen molar-refractivity contribution in [1.82, 2.24) is 24.6 Å². The molecule has 1 aliphatic heterocycles. The van der Waals surface area contributed by atoms with Gasteiger partial charge in [-0.25, -0.2) is 17.8 Å². The largest absolute Gasteiger partial charge is 0.349 e. The molecule has 30 heavy (non-hydrogen) atoms. The van der Waals surface area contributed by atoms with E-state index in [1.54, 1.807) is 18.6 Å². The Morgan fingerprint density at radius 2 is 2.07 bits per heavy atom. The zero-order chi connectivity index (χ0) is 21.1. The lowest BCUT2D eigenvalue weighted by Crippen LogP contribution is -2.45. The van der Waals surface area contributed by atoms with Crippen molar-refractivity contribution >= 4 is 27.3 Å². The first kappa shape index (κ1) is 20.5. The third kappa shape index (κ3) is 4.23. The molecule has 3 heterocycles. The van der Waals surface area contributed by atoms with Crippen LogP contribution < -0.4 is 5.32 Å². The molecule has 1 unspecified atom stereocenters. The summed E-state index contributed by atoms with van der Waals surface area (Å²) in [5.74, 6) is -0.902. The number of nitrogens with one attached hydrogen (secondary N) is 1. The number of aromatic nitrogens is 3. The van der Waals surface area contributed by atoms with Crippen LogP contribution in [0.3, 0.4) is 0 Å². The van der Waals surface area contributed by atoms with Gasteiger partial charge in [0, 0.05) is 24.3 Å². The van der Waals surface area contributed by atoms with Gasteiger partial charge in [-0.2, -0.15) is 4.31 Å². The first-order valence-electron chi connectivity index (χ1n) is 9.21. The van der Waals surface area contributed by atoms with Gasteiger partial charge in [-0.3, -0.25) is 14.8 Å². The minimum absolute atomic E-state index is 0.0308. The summed E-state index contributed by atoms with van der Waals surface area (Å²) in [5, 5.41) is 5.27. The molecule has 1 aliphatic rings. The van der Waals surface area contributed by atoms with Crippen LogP contribution in [-0.4, -0.2) is 46.2 Å². The molecule has 1 amide bonds. The van der Waals surface area contributed by atoms with Crippen molar-refractivity contribution < 1.29 is 17.6 Å². The maximum Gasteiger partial charge on any atom is 0.243 e. The van der Waals surface area contributed by atoms with Gasteiger partial charge in [0.25, 0.3) is 0 Å². The molecule has 0 spiro atoms. The topological polar surface area (TPSA) is 105 Å². The number of thiazole rings is 1. The van der Waals surface area contributed by atoms with E-state index in [-0.39, 0.29) is 23.9 Å². The summed E-state index contributed by atoms with van der Waals surface area (Å²) in [7, 11) is -3.89. The number of rotatable bonds is 6. The van der Waals surface area contributed by atoms with E-state index in [9.17, 15) is 17.6 Å². The highest BCUT2D eigenvalue weighted by Gasteiger charge is 2.39. The fourth-order valence-corrected chi connectivity index (χ4v) is 5.68. The second-order valence-corrected chi connectivity index (χ2v) is 9.43. The van der Waals surface area contributed by atoms with Gasteiger partial charge < -0.3 is 5.32 Å². The maximum absolute atomic E-state index is 13.1. The average Bonchev–Trinajstić information content (AvgIpc) is 3.43. The monoisotopic (exact) mass is 447 g/mol. The molecular weight excluding hydrogens is 429 g/mol. The van der Waals surface area contributed by atoms with Gasteiger partial charge in [0.2, 0.25) is 15.9 Å². The molecule has 1 aromatic carbocycles. The number of nitrogens with zero attached hydrogens (tertiary/aromatic N) is 4. The lowest BCUT2D eigenvalue weighted by atomic mass is 10.2. The third-order valence-electron chi connectivity index (χ3n) is 4.70. The summed E-state index contributed by atoms with van der Waals surface area (Å²) >= 11 is 1.39. The van der Waals surface area contributed by atoms with E-state index in [0.717, 1.165) is 12.1 Å². The lowest BCUT2D eigenvalue weighted by molar-refractivity contribution is -0.124. The fourth-order valence-electron chi connectivity index (χ4n) is 3.24. The predicted molar refractivity (Wildman–Crippen MR) is 108 cm³/mol. The smallest absolute Gasteiger partial charge is 0.243 e. The molecule has 11 heteroatoms. The van der Waals surface area contributed by atoms with Crippen molar-refractivity contribution in [3.8, 4) is 10.7 Å². The molecule has 0 radical (unpaired) electrons. The van der Waals surface area contributed by atoms with Crippen LogP contribution in [0.15, 0.2) is 53.1 Å². The van der Waals surface area contributed by atoms with Crippen LogP contribution in [-0.2, 0) is 21.4 Å². The number of carbonyl (C=O) groups excluding carboxylic acids is 1. The van der Waals surface area contributed by atoms with Gasteiger partial charge in [0.1, 0.15) is 22.6 Å². The zero-order valence-corrected chi connectivity index (χ0v) is 17.4. The Labute approximate surface area is 176 Å². The molecule has 0 bridgehead atoms. The molecule has 3 aromatic rings. The summed E-state index contributed by atoms with van der Waals surface area (Å²) in [6, 6.07) is 3.80. The van der Waals surface area contributed by atoms with E-state index in [0.29, 0.717) is 29.2 Å². The lowest BCUT2D eigenvalue weighted by Gasteiger charge is -2.23. The van der Waals surface area contributed by atoms with Crippen molar-refractivity contribution in [2.75, 3.05) is 6.54 Å². The summed E-state index contributed by atoms with van der Waals surface area (Å²) in [4.78, 5) is 25.3. The summed E-state index contributed by atoms with van der Waals surface area (Å²) in [6.45, 7) is 0.419. The number of halogens is 1. The zero-order valence-electron chi connectivity index (χ0n) is 15.7. The Morgan fingerprint density at radius 3 is 2.80 bits per heavy atom. The first-order valence-corrected chi connectivity index (χ1v) is 11.5. The number of hydrogen-bond acceptors (Lipinski definition) is 7. The Balaban J connectivity index is 1.43. The Kier molecular flexibility index (Phi) is 5.84. The van der Waals surface area contributed by atoms with Crippen LogP contribution in [0.25, 0.3) is 10.7 Å². The average molecular weight is 448 g/mol. The molecule has 156 valence electrons. The van der Waals surface area contributed by atoms with E-state index in [2.05, 4.69) is 20.3 Å². The quantitative estimate of drug-likeness (QED) is 0.621. The van der Waals surface area contributed by atoms with Gasteiger partial charge in [-0.15, -0.1) is 11.3 Å². The molecule has 0 saturated carbocycles. The second kappa shape index (κ2) is 8.54. The fraction of sp³-hybridized carbons (Fsp3) is 0.263. The van der Waals surface area contributed by atoms with Crippen molar-refractivity contribution in [1.29, 1.82) is 0 Å². The van der Waals surface area contributed by atoms with Crippen LogP contribution in [0, 0.1) is 5.82 Å². The van der Waals surface area contributed by atoms with Gasteiger partial charge in [0.15, 0.2) is 0 Å². The molecule has 1 N–H and O–H groups in total. The van der Waals surface area contributed by atoms with Crippen molar-refractivity contribution in [3.63, 3.8) is 0 Å². The van der Waals surface area contributed by atoms with Gasteiger partial charge >= 0.3 is 0 Å². The van der Waals surface area contributed by atoms with E-state index in [1.165, 1.54) is 27.8 Å². The molecule has 1 fully saturated rings. The van der Waals surface area contributed by atoms with Crippen LogP contribution in [0.5, 0.6) is 0 Å². The highest BCUT2D eigenvalue weighted by Crippen LogP contribution is 2.27. The highest BCUT2D eigenvalue weighted by atomic mass is 32.2. The van der Waals surface area contributed by atoms with Crippen molar-refractivity contribution in [3.05, 3.63) is 59.7 Å². The molecule has 4 rings (SSSR count). The highest BCUT2D eigenvalue weighted by molar-refractivity contribution is 7.89. The molecule has 1 saturated heterocycles. The molecular formula is C19H18FN5O3S2. The normalized spacial score (nSPS) is 17.2. The Bertz CT molecular complexity index is 1140. The third-order valence-corrected chi connectivity index (χ3v) is 7.54. The van der Waals surface area contributed by atoms with Crippen molar-refractivity contribution in [2.45, 2.75) is 30.3 Å². The van der Waals surface area contributed by atoms with E-state index in [1.807, 2.05) is 5.38 Å². The first-order chi connectivity index (χ1) is 14.4.